The fourth-order valence-corrected chi connectivity index (χ4v) is 2.30. The van der Waals surface area contributed by atoms with Gasteiger partial charge >= 0.3 is 0 Å². The highest BCUT2D eigenvalue weighted by Crippen LogP contribution is 2.26. The number of nitrogens with two attached hydrogens (primary N) is 1. The molecule has 0 bridgehead atoms. The van der Waals surface area contributed by atoms with Crippen LogP contribution in [0.15, 0.2) is 53.0 Å². The van der Waals surface area contributed by atoms with Gasteiger partial charge in [0.15, 0.2) is 0 Å². The first kappa shape index (κ1) is 15.1. The maximum Gasteiger partial charge on any atom is 0.139 e. The zero-order valence-corrected chi connectivity index (χ0v) is 13.4. The van der Waals surface area contributed by atoms with E-state index >= 15 is 0 Å². The third-order valence-electron chi connectivity index (χ3n) is 3.34. The third kappa shape index (κ3) is 3.84. The first-order valence-corrected chi connectivity index (χ1v) is 7.64. The monoisotopic (exact) mass is 333 g/mol. The molecule has 0 heterocycles. The van der Waals surface area contributed by atoms with Crippen molar-refractivity contribution in [3.8, 4) is 5.75 Å². The molecule has 2 atom stereocenters. The highest BCUT2D eigenvalue weighted by atomic mass is 79.9. The second-order valence-electron chi connectivity index (χ2n) is 4.98. The summed E-state index contributed by atoms with van der Waals surface area (Å²) in [5, 5.41) is 0. The van der Waals surface area contributed by atoms with Crippen LogP contribution in [0.2, 0.25) is 0 Å². The topological polar surface area (TPSA) is 35.2 Å². The molecule has 2 rings (SSSR count). The normalized spacial score (nSPS) is 13.8. The first-order valence-electron chi connectivity index (χ1n) is 6.84. The number of hydrogen-bond acceptors (Lipinski definition) is 2. The summed E-state index contributed by atoms with van der Waals surface area (Å²) in [4.78, 5) is 0. The molecule has 0 aliphatic rings. The van der Waals surface area contributed by atoms with E-state index < -0.39 is 0 Å². The molecule has 2 aromatic carbocycles. The van der Waals surface area contributed by atoms with E-state index in [2.05, 4.69) is 54.0 Å². The van der Waals surface area contributed by atoms with Crippen LogP contribution in [0.25, 0.3) is 0 Å². The molecule has 2 N–H and O–H groups in total. The molecule has 0 aromatic heterocycles. The molecular formula is C17H20BrNO. The summed E-state index contributed by atoms with van der Waals surface area (Å²) >= 11 is 3.43. The minimum Gasteiger partial charge on any atom is -0.484 e. The Bertz CT molecular complexity index is 536. The van der Waals surface area contributed by atoms with Crippen LogP contribution in [0, 0.1) is 6.92 Å². The Kier molecular flexibility index (Phi) is 5.21. The van der Waals surface area contributed by atoms with Crippen LogP contribution in [0.3, 0.4) is 0 Å². The van der Waals surface area contributed by atoms with Gasteiger partial charge in [-0.15, -0.1) is 0 Å². The molecule has 0 aliphatic heterocycles. The molecule has 0 saturated heterocycles. The molecule has 0 radical (unpaired) electrons. The van der Waals surface area contributed by atoms with E-state index in [1.54, 1.807) is 0 Å². The summed E-state index contributed by atoms with van der Waals surface area (Å²) in [6, 6.07) is 16.2. The number of hydrogen-bond donors (Lipinski definition) is 1. The van der Waals surface area contributed by atoms with Gasteiger partial charge in [0, 0.05) is 10.5 Å². The summed E-state index contributed by atoms with van der Waals surface area (Å²) in [6.07, 6.45) is 0.747. The molecule has 106 valence electrons. The van der Waals surface area contributed by atoms with Gasteiger partial charge in [-0.1, -0.05) is 52.7 Å². The van der Waals surface area contributed by atoms with Gasteiger partial charge in [0.05, 0.1) is 0 Å². The van der Waals surface area contributed by atoms with E-state index in [1.165, 1.54) is 5.56 Å². The fourth-order valence-electron chi connectivity index (χ4n) is 2.03. The van der Waals surface area contributed by atoms with E-state index in [-0.39, 0.29) is 12.1 Å². The SMILES string of the molecule is CCC(N)C(Oc1ccc(Br)cc1)c1ccc(C)cc1. The summed E-state index contributed by atoms with van der Waals surface area (Å²) in [5.41, 5.74) is 8.59. The van der Waals surface area contributed by atoms with Crippen LogP contribution < -0.4 is 10.5 Å². The highest BCUT2D eigenvalue weighted by molar-refractivity contribution is 9.10. The molecule has 0 saturated carbocycles. The van der Waals surface area contributed by atoms with Gasteiger partial charge in [-0.25, -0.2) is 0 Å². The van der Waals surface area contributed by atoms with Crippen molar-refractivity contribution >= 4 is 15.9 Å². The molecule has 2 unspecified atom stereocenters. The number of rotatable bonds is 5. The maximum atomic E-state index is 6.23. The van der Waals surface area contributed by atoms with Crippen molar-refractivity contribution in [1.82, 2.24) is 0 Å². The summed E-state index contributed by atoms with van der Waals surface area (Å²) in [6.45, 7) is 4.16. The smallest absolute Gasteiger partial charge is 0.139 e. The largest absolute Gasteiger partial charge is 0.484 e. The molecule has 3 heteroatoms. The minimum absolute atomic E-state index is 0.0265. The third-order valence-corrected chi connectivity index (χ3v) is 3.87. The van der Waals surface area contributed by atoms with Gasteiger partial charge in [-0.3, -0.25) is 0 Å². The van der Waals surface area contributed by atoms with Crippen molar-refractivity contribution in [2.45, 2.75) is 32.4 Å². The molecule has 0 aliphatic carbocycles. The van der Waals surface area contributed by atoms with E-state index in [0.29, 0.717) is 0 Å². The Balaban J connectivity index is 2.23. The van der Waals surface area contributed by atoms with Gasteiger partial charge in [0.2, 0.25) is 0 Å². The van der Waals surface area contributed by atoms with Crippen molar-refractivity contribution in [1.29, 1.82) is 0 Å². The molecule has 0 amide bonds. The fraction of sp³-hybridized carbons (Fsp3) is 0.294. The van der Waals surface area contributed by atoms with Gasteiger partial charge in [0.25, 0.3) is 0 Å². The Labute approximate surface area is 129 Å². The molecule has 0 spiro atoms. The van der Waals surface area contributed by atoms with Gasteiger partial charge in [-0.05, 0) is 43.2 Å². The lowest BCUT2D eigenvalue weighted by Crippen LogP contribution is -2.31. The predicted molar refractivity (Wildman–Crippen MR) is 87.0 cm³/mol. The lowest BCUT2D eigenvalue weighted by molar-refractivity contribution is 0.171. The Hall–Kier alpha value is -1.32. The van der Waals surface area contributed by atoms with Gasteiger partial charge < -0.3 is 10.5 Å². The lowest BCUT2D eigenvalue weighted by atomic mass is 10.00. The van der Waals surface area contributed by atoms with E-state index in [0.717, 1.165) is 22.2 Å². The van der Waals surface area contributed by atoms with E-state index in [9.17, 15) is 0 Å². The maximum absolute atomic E-state index is 6.23. The van der Waals surface area contributed by atoms with Crippen molar-refractivity contribution in [2.75, 3.05) is 0 Å². The Morgan fingerprint density at radius 2 is 1.65 bits per heavy atom. The van der Waals surface area contributed by atoms with Crippen LogP contribution in [0.1, 0.15) is 30.6 Å². The summed E-state index contributed by atoms with van der Waals surface area (Å²) < 4.78 is 7.14. The van der Waals surface area contributed by atoms with Crippen LogP contribution in [0.5, 0.6) is 5.75 Å². The standard InChI is InChI=1S/C17H20BrNO/c1-3-16(19)17(13-6-4-12(2)5-7-13)20-15-10-8-14(18)9-11-15/h4-11,16-17H,3,19H2,1-2H3. The Morgan fingerprint density at radius 1 is 1.05 bits per heavy atom. The molecular weight excluding hydrogens is 314 g/mol. The quantitative estimate of drug-likeness (QED) is 0.866. The van der Waals surface area contributed by atoms with Crippen molar-refractivity contribution in [3.63, 3.8) is 0 Å². The van der Waals surface area contributed by atoms with Crippen molar-refractivity contribution in [3.05, 3.63) is 64.1 Å². The van der Waals surface area contributed by atoms with Crippen molar-refractivity contribution in [2.24, 2.45) is 5.73 Å². The summed E-state index contributed by atoms with van der Waals surface area (Å²) in [5.74, 6) is 0.836. The average Bonchev–Trinajstić information content (AvgIpc) is 2.47. The predicted octanol–water partition coefficient (Wildman–Crippen LogP) is 4.61. The number of benzene rings is 2. The number of halogens is 1. The second-order valence-corrected chi connectivity index (χ2v) is 5.89. The molecule has 20 heavy (non-hydrogen) atoms. The van der Waals surface area contributed by atoms with Crippen LogP contribution in [0.4, 0.5) is 0 Å². The average molecular weight is 334 g/mol. The Morgan fingerprint density at radius 3 is 2.20 bits per heavy atom. The second kappa shape index (κ2) is 6.91. The minimum atomic E-state index is -0.123. The zero-order valence-electron chi connectivity index (χ0n) is 11.8. The van der Waals surface area contributed by atoms with E-state index in [4.69, 9.17) is 10.5 Å². The van der Waals surface area contributed by atoms with Crippen LogP contribution in [-0.2, 0) is 0 Å². The van der Waals surface area contributed by atoms with Crippen LogP contribution in [-0.4, -0.2) is 6.04 Å². The summed E-state index contributed by atoms with van der Waals surface area (Å²) in [7, 11) is 0. The van der Waals surface area contributed by atoms with E-state index in [1.807, 2.05) is 24.3 Å². The van der Waals surface area contributed by atoms with Crippen molar-refractivity contribution < 1.29 is 4.74 Å². The molecule has 2 aromatic rings. The van der Waals surface area contributed by atoms with Gasteiger partial charge in [0.1, 0.15) is 11.9 Å². The number of aryl methyl sites for hydroxylation is 1. The van der Waals surface area contributed by atoms with Gasteiger partial charge in [-0.2, -0.15) is 0 Å². The molecule has 2 nitrogen and oxygen atoms in total. The van der Waals surface area contributed by atoms with Crippen LogP contribution >= 0.6 is 15.9 Å². The highest BCUT2D eigenvalue weighted by Gasteiger charge is 2.20. The lowest BCUT2D eigenvalue weighted by Gasteiger charge is -2.25. The number of ether oxygens (including phenoxy) is 1. The molecule has 0 fully saturated rings. The first-order chi connectivity index (χ1) is 9.60. The zero-order chi connectivity index (χ0) is 14.5.